The van der Waals surface area contributed by atoms with Crippen molar-refractivity contribution < 1.29 is 9.53 Å². The minimum Gasteiger partial charge on any atom is -0.378 e. The lowest BCUT2D eigenvalue weighted by molar-refractivity contribution is -0.136. The van der Waals surface area contributed by atoms with Crippen molar-refractivity contribution in [2.75, 3.05) is 31.6 Å². The second-order valence-corrected chi connectivity index (χ2v) is 9.91. The number of halogens is 1. The molecule has 0 aromatic carbocycles. The van der Waals surface area contributed by atoms with E-state index >= 15 is 0 Å². The predicted molar refractivity (Wildman–Crippen MR) is 116 cm³/mol. The second kappa shape index (κ2) is 8.54. The molecule has 4 rings (SSSR count). The summed E-state index contributed by atoms with van der Waals surface area (Å²) in [7, 11) is 0. The molecule has 10 heteroatoms. The van der Waals surface area contributed by atoms with Gasteiger partial charge in [0.25, 0.3) is 0 Å². The van der Waals surface area contributed by atoms with Crippen molar-refractivity contribution >= 4 is 71.3 Å². The highest BCUT2D eigenvalue weighted by Crippen LogP contribution is 2.42. The van der Waals surface area contributed by atoms with Crippen LogP contribution in [-0.4, -0.2) is 47.5 Å². The molecule has 4 heterocycles. The maximum absolute atomic E-state index is 12.6. The molecule has 0 radical (unpaired) electrons. The molecule has 0 bridgehead atoms. The Hall–Kier alpha value is -1.04. The van der Waals surface area contributed by atoms with Gasteiger partial charge in [0.15, 0.2) is 0 Å². The maximum Gasteiger partial charge on any atom is 0.240 e. The van der Waals surface area contributed by atoms with Gasteiger partial charge in [0.05, 0.1) is 35.0 Å². The number of fused-ring (bicyclic) bond motifs is 1. The van der Waals surface area contributed by atoms with E-state index in [9.17, 15) is 4.79 Å². The van der Waals surface area contributed by atoms with E-state index in [4.69, 9.17) is 10.5 Å². The molecule has 1 atom stereocenters. The fourth-order valence-corrected chi connectivity index (χ4v) is 6.61. The zero-order valence-corrected chi connectivity index (χ0v) is 18.5. The minimum absolute atomic E-state index is 0.00917. The molecule has 27 heavy (non-hydrogen) atoms. The number of carbonyl (C=O) groups excluding carboxylic acids is 1. The highest BCUT2D eigenvalue weighted by molar-refractivity contribution is 9.10. The fourth-order valence-electron chi connectivity index (χ4n) is 2.95. The first-order chi connectivity index (χ1) is 13.1. The van der Waals surface area contributed by atoms with E-state index in [2.05, 4.69) is 43.1 Å². The summed E-state index contributed by atoms with van der Waals surface area (Å²) in [4.78, 5) is 16.7. The quantitative estimate of drug-likeness (QED) is 0.556. The Balaban J connectivity index is 1.47. The van der Waals surface area contributed by atoms with Crippen LogP contribution in [0.2, 0.25) is 0 Å². The predicted octanol–water partition coefficient (Wildman–Crippen LogP) is 3.52. The molecule has 1 aliphatic heterocycles. The SMILES string of the molecule is N[C@@H](Cc1sc2c(NCc3cccs3)snc2c1Br)C(=O)N1CCOCC1. The largest absolute Gasteiger partial charge is 0.378 e. The first-order valence-electron chi connectivity index (χ1n) is 8.58. The van der Waals surface area contributed by atoms with Gasteiger partial charge in [-0.2, -0.15) is 4.37 Å². The number of rotatable bonds is 6. The van der Waals surface area contributed by atoms with Gasteiger partial charge in [-0.3, -0.25) is 4.79 Å². The van der Waals surface area contributed by atoms with E-state index in [-0.39, 0.29) is 5.91 Å². The number of ether oxygens (including phenoxy) is 1. The molecule has 3 aromatic heterocycles. The van der Waals surface area contributed by atoms with E-state index in [1.54, 1.807) is 27.6 Å². The number of anilines is 1. The maximum atomic E-state index is 12.6. The van der Waals surface area contributed by atoms with E-state index in [1.807, 2.05) is 0 Å². The minimum atomic E-state index is -0.548. The van der Waals surface area contributed by atoms with E-state index in [0.717, 1.165) is 31.1 Å². The molecule has 0 unspecified atom stereocenters. The summed E-state index contributed by atoms with van der Waals surface area (Å²) in [6.45, 7) is 3.19. The van der Waals surface area contributed by atoms with Crippen LogP contribution < -0.4 is 11.1 Å². The number of aromatic nitrogens is 1. The Morgan fingerprint density at radius 1 is 1.44 bits per heavy atom. The Kier molecular flexibility index (Phi) is 6.10. The summed E-state index contributed by atoms with van der Waals surface area (Å²) in [6, 6.07) is 3.62. The van der Waals surface area contributed by atoms with Gasteiger partial charge < -0.3 is 20.7 Å². The average Bonchev–Trinajstić information content (AvgIpc) is 3.40. The van der Waals surface area contributed by atoms with Crippen LogP contribution in [0.15, 0.2) is 22.0 Å². The van der Waals surface area contributed by atoms with Gasteiger partial charge in [-0.05, 0) is 38.9 Å². The molecule has 1 fully saturated rings. The monoisotopic (exact) mass is 486 g/mol. The van der Waals surface area contributed by atoms with Crippen molar-refractivity contribution in [1.29, 1.82) is 0 Å². The van der Waals surface area contributed by atoms with Gasteiger partial charge in [-0.15, -0.1) is 22.7 Å². The second-order valence-electron chi connectivity index (χ2n) is 6.21. The number of morpholine rings is 1. The van der Waals surface area contributed by atoms with E-state index in [0.29, 0.717) is 32.7 Å². The lowest BCUT2D eigenvalue weighted by atomic mass is 10.1. The number of nitrogens with one attached hydrogen (secondary N) is 1. The molecule has 0 spiro atoms. The standard InChI is InChI=1S/C17H19BrN4O2S3/c18-13-12(8-11(19)17(23)22-3-5-24-6-4-22)26-15-14(13)21-27-16(15)20-9-10-2-1-7-25-10/h1-2,7,11,20H,3-6,8-9,19H2/t11-/m0/s1. The number of carbonyl (C=O) groups is 1. The normalized spacial score (nSPS) is 16.0. The molecule has 1 aliphatic rings. The number of amides is 1. The Morgan fingerprint density at radius 2 is 2.26 bits per heavy atom. The van der Waals surface area contributed by atoms with Crippen LogP contribution in [0.5, 0.6) is 0 Å². The lowest BCUT2D eigenvalue weighted by Crippen LogP contribution is -2.49. The van der Waals surface area contributed by atoms with E-state index < -0.39 is 6.04 Å². The molecule has 144 valence electrons. The topological polar surface area (TPSA) is 80.5 Å². The van der Waals surface area contributed by atoms with Crippen molar-refractivity contribution in [3.63, 3.8) is 0 Å². The number of thiophene rings is 2. The number of hydrogen-bond donors (Lipinski definition) is 2. The van der Waals surface area contributed by atoms with Gasteiger partial charge in [0.1, 0.15) is 10.5 Å². The van der Waals surface area contributed by atoms with Crippen LogP contribution in [0.25, 0.3) is 10.2 Å². The molecule has 0 aliphatic carbocycles. The van der Waals surface area contributed by atoms with Crippen LogP contribution in [0.1, 0.15) is 9.75 Å². The Bertz CT molecular complexity index is 918. The number of hydrogen-bond acceptors (Lipinski definition) is 8. The van der Waals surface area contributed by atoms with Gasteiger partial charge in [-0.25, -0.2) is 0 Å². The summed E-state index contributed by atoms with van der Waals surface area (Å²) in [5.41, 5.74) is 7.17. The zero-order chi connectivity index (χ0) is 18.8. The third-order valence-electron chi connectivity index (χ3n) is 4.38. The molecular formula is C17H19BrN4O2S3. The molecular weight excluding hydrogens is 468 g/mol. The van der Waals surface area contributed by atoms with Crippen molar-refractivity contribution in [3.8, 4) is 0 Å². The highest BCUT2D eigenvalue weighted by Gasteiger charge is 2.26. The van der Waals surface area contributed by atoms with Gasteiger partial charge in [0.2, 0.25) is 5.91 Å². The Morgan fingerprint density at radius 3 is 3.00 bits per heavy atom. The van der Waals surface area contributed by atoms with Crippen LogP contribution in [0, 0.1) is 0 Å². The first-order valence-corrected chi connectivity index (χ1v) is 11.8. The third kappa shape index (κ3) is 4.20. The molecule has 3 N–H and O–H groups in total. The molecule has 6 nitrogen and oxygen atoms in total. The van der Waals surface area contributed by atoms with Crippen molar-refractivity contribution in [1.82, 2.24) is 9.27 Å². The Labute approximate surface area is 177 Å². The van der Waals surface area contributed by atoms with Gasteiger partial charge in [0, 0.05) is 29.3 Å². The summed E-state index contributed by atoms with van der Waals surface area (Å²) in [5, 5.41) is 6.61. The fraction of sp³-hybridized carbons (Fsp3) is 0.412. The van der Waals surface area contributed by atoms with Gasteiger partial charge >= 0.3 is 0 Å². The van der Waals surface area contributed by atoms with Crippen molar-refractivity contribution in [3.05, 3.63) is 31.7 Å². The molecule has 3 aromatic rings. The molecule has 1 amide bonds. The van der Waals surface area contributed by atoms with Crippen LogP contribution in [0.4, 0.5) is 5.00 Å². The summed E-state index contributed by atoms with van der Waals surface area (Å²) >= 11 is 8.51. The van der Waals surface area contributed by atoms with Crippen LogP contribution in [0.3, 0.4) is 0 Å². The summed E-state index contributed by atoms with van der Waals surface area (Å²) in [6.07, 6.45) is 0.507. The zero-order valence-electron chi connectivity index (χ0n) is 14.4. The molecule has 1 saturated heterocycles. The smallest absolute Gasteiger partial charge is 0.240 e. The van der Waals surface area contributed by atoms with Crippen LogP contribution in [-0.2, 0) is 22.5 Å². The first kappa shape index (κ1) is 19.3. The molecule has 0 saturated carbocycles. The number of nitrogens with zero attached hydrogens (tertiary/aromatic N) is 2. The lowest BCUT2D eigenvalue weighted by Gasteiger charge is -2.29. The van der Waals surface area contributed by atoms with Crippen LogP contribution >= 0.6 is 50.1 Å². The van der Waals surface area contributed by atoms with Crippen molar-refractivity contribution in [2.45, 2.75) is 19.0 Å². The van der Waals surface area contributed by atoms with Crippen molar-refractivity contribution in [2.24, 2.45) is 5.73 Å². The van der Waals surface area contributed by atoms with E-state index in [1.165, 1.54) is 16.4 Å². The highest BCUT2D eigenvalue weighted by atomic mass is 79.9. The average molecular weight is 487 g/mol. The summed E-state index contributed by atoms with van der Waals surface area (Å²) < 4.78 is 11.9. The number of nitrogens with two attached hydrogens (primary N) is 1. The summed E-state index contributed by atoms with van der Waals surface area (Å²) in [5.74, 6) is -0.00917. The third-order valence-corrected chi connectivity index (χ3v) is 8.52. The van der Waals surface area contributed by atoms with Gasteiger partial charge in [-0.1, -0.05) is 6.07 Å².